The van der Waals surface area contributed by atoms with E-state index in [0.717, 1.165) is 61.4 Å². The van der Waals surface area contributed by atoms with Crippen LogP contribution in [0.3, 0.4) is 0 Å². The number of para-hydroxylation sites is 4. The van der Waals surface area contributed by atoms with E-state index in [1.54, 1.807) is 0 Å². The highest BCUT2D eigenvalue weighted by molar-refractivity contribution is 6.12. The van der Waals surface area contributed by atoms with Crippen LogP contribution in [0.15, 0.2) is 219 Å². The van der Waals surface area contributed by atoms with Crippen LogP contribution in [0, 0.1) is 0 Å². The van der Waals surface area contributed by atoms with Gasteiger partial charge < -0.3 is 9.13 Å². The van der Waals surface area contributed by atoms with Crippen molar-refractivity contribution in [1.29, 1.82) is 0 Å². The third kappa shape index (κ3) is 5.53. The van der Waals surface area contributed by atoms with Crippen molar-refractivity contribution in [3.63, 3.8) is 0 Å². The average Bonchev–Trinajstić information content (AvgIpc) is 3.84. The molecule has 0 saturated carbocycles. The van der Waals surface area contributed by atoms with Crippen LogP contribution in [0.25, 0.3) is 111 Å². The van der Waals surface area contributed by atoms with Crippen molar-refractivity contribution in [3.05, 3.63) is 219 Å². The van der Waals surface area contributed by atoms with Crippen molar-refractivity contribution < 1.29 is 0 Å². The summed E-state index contributed by atoms with van der Waals surface area (Å²) < 4.78 is 4.72. The number of rotatable bonds is 6. The highest BCUT2D eigenvalue weighted by Gasteiger charge is 2.17. The predicted octanol–water partition coefficient (Wildman–Crippen LogP) is 14.5. The number of hydrogen-bond acceptors (Lipinski definition) is 2. The summed E-state index contributed by atoms with van der Waals surface area (Å²) in [6.07, 6.45) is 3.73. The molecule has 0 amide bonds. The minimum absolute atomic E-state index is 0.940. The molecule has 0 aliphatic heterocycles. The van der Waals surface area contributed by atoms with Crippen LogP contribution < -0.4 is 0 Å². The molecule has 280 valence electrons. The van der Waals surface area contributed by atoms with Gasteiger partial charge in [-0.05, 0) is 118 Å². The summed E-state index contributed by atoms with van der Waals surface area (Å²) in [5, 5.41) is 6.01. The lowest BCUT2D eigenvalue weighted by Crippen LogP contribution is -1.94. The highest BCUT2D eigenvalue weighted by Crippen LogP contribution is 2.40. The molecule has 8 aromatic carbocycles. The maximum atomic E-state index is 5.39. The van der Waals surface area contributed by atoms with Crippen molar-refractivity contribution in [3.8, 4) is 56.0 Å². The third-order valence-corrected chi connectivity index (χ3v) is 12.0. The van der Waals surface area contributed by atoms with Crippen LogP contribution >= 0.6 is 0 Å². The predicted molar refractivity (Wildman–Crippen MR) is 250 cm³/mol. The molecule has 0 aliphatic rings. The molecule has 60 heavy (non-hydrogen) atoms. The molecular formula is C56H36N4. The average molecular weight is 765 g/mol. The summed E-state index contributed by atoms with van der Waals surface area (Å²) in [5.41, 5.74) is 16.9. The Morgan fingerprint density at radius 3 is 1.43 bits per heavy atom. The second kappa shape index (κ2) is 13.8. The molecule has 4 heterocycles. The summed E-state index contributed by atoms with van der Waals surface area (Å²) in [4.78, 5) is 9.76. The Balaban J connectivity index is 1.03. The summed E-state index contributed by atoms with van der Waals surface area (Å²) in [7, 11) is 0. The molecule has 0 bridgehead atoms. The molecule has 4 nitrogen and oxygen atoms in total. The summed E-state index contributed by atoms with van der Waals surface area (Å²) in [6, 6.07) is 74.3. The van der Waals surface area contributed by atoms with E-state index in [9.17, 15) is 0 Å². The van der Waals surface area contributed by atoms with E-state index in [1.807, 2.05) is 18.5 Å². The molecule has 0 fully saturated rings. The van der Waals surface area contributed by atoms with E-state index in [-0.39, 0.29) is 0 Å². The zero-order chi connectivity index (χ0) is 39.6. The van der Waals surface area contributed by atoms with Gasteiger partial charge >= 0.3 is 0 Å². The van der Waals surface area contributed by atoms with Crippen LogP contribution in [-0.4, -0.2) is 19.1 Å². The van der Waals surface area contributed by atoms with Gasteiger partial charge in [0.25, 0.3) is 0 Å². The van der Waals surface area contributed by atoms with E-state index in [0.29, 0.717) is 0 Å². The second-order valence-corrected chi connectivity index (χ2v) is 15.4. The van der Waals surface area contributed by atoms with Gasteiger partial charge in [-0.15, -0.1) is 0 Å². The Kier molecular flexibility index (Phi) is 7.82. The summed E-state index contributed by atoms with van der Waals surface area (Å²) in [6.45, 7) is 0. The fourth-order valence-electron chi connectivity index (χ4n) is 9.16. The van der Waals surface area contributed by atoms with Gasteiger partial charge in [0.2, 0.25) is 0 Å². The van der Waals surface area contributed by atoms with E-state index in [1.165, 1.54) is 49.2 Å². The third-order valence-electron chi connectivity index (χ3n) is 12.0. The molecule has 0 radical (unpaired) electrons. The van der Waals surface area contributed by atoms with Gasteiger partial charge in [0.15, 0.2) is 0 Å². The lowest BCUT2D eigenvalue weighted by atomic mass is 9.94. The standard InChI is InChI=1S/C56H36N4/c1-3-13-43(14-4-1)59-53-19-9-7-17-45(53)49-33-40(26-29-55(49)59)39-25-28-51-48(32-39)47(38-23-21-37(22-24-38)42-12-11-31-57-36-42)35-52(58-51)41-27-30-56-50(34-41)46-18-8-10-20-54(46)60(56)44-15-5-2-6-16-44/h1-36H. The normalized spacial score (nSPS) is 11.7. The molecule has 12 rings (SSSR count). The summed E-state index contributed by atoms with van der Waals surface area (Å²) in [5.74, 6) is 0. The van der Waals surface area contributed by atoms with Gasteiger partial charge in [-0.2, -0.15) is 0 Å². The van der Waals surface area contributed by atoms with Crippen LogP contribution in [0.1, 0.15) is 0 Å². The number of pyridine rings is 2. The first-order chi connectivity index (χ1) is 29.7. The zero-order valence-electron chi connectivity index (χ0n) is 32.6. The van der Waals surface area contributed by atoms with E-state index in [2.05, 4.69) is 214 Å². The molecular weight excluding hydrogens is 729 g/mol. The number of nitrogens with zero attached hydrogens (tertiary/aromatic N) is 4. The lowest BCUT2D eigenvalue weighted by Gasteiger charge is -2.14. The first kappa shape index (κ1) is 34.0. The van der Waals surface area contributed by atoms with Gasteiger partial charge in [-0.25, -0.2) is 4.98 Å². The van der Waals surface area contributed by atoms with Gasteiger partial charge in [0.05, 0.1) is 33.3 Å². The molecule has 0 spiro atoms. The largest absolute Gasteiger partial charge is 0.309 e. The Labute approximate surface area is 346 Å². The molecule has 0 N–H and O–H groups in total. The molecule has 0 unspecified atom stereocenters. The van der Waals surface area contributed by atoms with Gasteiger partial charge in [0.1, 0.15) is 0 Å². The lowest BCUT2D eigenvalue weighted by molar-refractivity contribution is 1.18. The SMILES string of the molecule is c1ccc(-n2c3ccccc3c3cc(-c4ccc5nc(-c6ccc7c(c6)c6ccccc6n7-c6ccccc6)cc(-c6ccc(-c7cccnc7)cc6)c5c4)ccc32)cc1. The maximum absolute atomic E-state index is 5.39. The second-order valence-electron chi connectivity index (χ2n) is 15.4. The first-order valence-electron chi connectivity index (χ1n) is 20.4. The van der Waals surface area contributed by atoms with Crippen LogP contribution in [0.4, 0.5) is 0 Å². The Morgan fingerprint density at radius 2 is 0.817 bits per heavy atom. The fourth-order valence-corrected chi connectivity index (χ4v) is 9.16. The molecule has 4 aromatic heterocycles. The minimum Gasteiger partial charge on any atom is -0.309 e. The molecule has 4 heteroatoms. The fraction of sp³-hybridized carbons (Fsp3) is 0. The molecule has 0 aliphatic carbocycles. The molecule has 0 saturated heterocycles. The minimum atomic E-state index is 0.940. The van der Waals surface area contributed by atoms with Gasteiger partial charge in [0, 0.05) is 56.3 Å². The number of benzene rings is 8. The molecule has 12 aromatic rings. The maximum Gasteiger partial charge on any atom is 0.0716 e. The zero-order valence-corrected chi connectivity index (χ0v) is 32.6. The van der Waals surface area contributed by atoms with Gasteiger partial charge in [-0.3, -0.25) is 4.98 Å². The number of hydrogen-bond donors (Lipinski definition) is 0. The number of aromatic nitrogens is 4. The van der Waals surface area contributed by atoms with E-state index < -0.39 is 0 Å². The van der Waals surface area contributed by atoms with E-state index in [4.69, 9.17) is 4.98 Å². The Hall–Kier alpha value is -8.08. The molecule has 0 atom stereocenters. The van der Waals surface area contributed by atoms with Crippen molar-refractivity contribution in [2.24, 2.45) is 0 Å². The van der Waals surface area contributed by atoms with Gasteiger partial charge in [-0.1, -0.05) is 121 Å². The number of fused-ring (bicyclic) bond motifs is 7. The van der Waals surface area contributed by atoms with Crippen molar-refractivity contribution in [1.82, 2.24) is 19.1 Å². The Morgan fingerprint density at radius 1 is 0.317 bits per heavy atom. The topological polar surface area (TPSA) is 35.6 Å². The quantitative estimate of drug-likeness (QED) is 0.169. The van der Waals surface area contributed by atoms with Crippen LogP contribution in [0.2, 0.25) is 0 Å². The summed E-state index contributed by atoms with van der Waals surface area (Å²) >= 11 is 0. The van der Waals surface area contributed by atoms with Crippen molar-refractivity contribution in [2.75, 3.05) is 0 Å². The van der Waals surface area contributed by atoms with Crippen LogP contribution in [0.5, 0.6) is 0 Å². The van der Waals surface area contributed by atoms with E-state index >= 15 is 0 Å². The monoisotopic (exact) mass is 764 g/mol. The van der Waals surface area contributed by atoms with Crippen molar-refractivity contribution in [2.45, 2.75) is 0 Å². The van der Waals surface area contributed by atoms with Crippen molar-refractivity contribution >= 4 is 54.5 Å². The first-order valence-corrected chi connectivity index (χ1v) is 20.4. The smallest absolute Gasteiger partial charge is 0.0716 e. The highest BCUT2D eigenvalue weighted by atomic mass is 15.0. The van der Waals surface area contributed by atoms with Crippen LogP contribution in [-0.2, 0) is 0 Å². The Bertz CT molecular complexity index is 3570.